The van der Waals surface area contributed by atoms with Crippen LogP contribution in [0.1, 0.15) is 18.9 Å². The molecule has 0 saturated carbocycles. The minimum absolute atomic E-state index is 0.0340. The topological polar surface area (TPSA) is 83.6 Å². The van der Waals surface area contributed by atoms with Gasteiger partial charge in [-0.1, -0.05) is 37.3 Å². The Kier molecular flexibility index (Phi) is 3.93. The van der Waals surface area contributed by atoms with Gasteiger partial charge in [-0.25, -0.2) is 4.79 Å². The molecule has 0 aliphatic carbocycles. The number of amides is 4. The summed E-state index contributed by atoms with van der Waals surface area (Å²) < 4.78 is 0. The van der Waals surface area contributed by atoms with E-state index in [0.717, 1.165) is 10.5 Å². The predicted molar refractivity (Wildman–Crippen MR) is 69.3 cm³/mol. The molecule has 1 heterocycles. The maximum absolute atomic E-state index is 12.2. The Balaban J connectivity index is 2.24. The Labute approximate surface area is 115 Å². The number of carbonyl (C=O) groups is 4. The zero-order chi connectivity index (χ0) is 14.7. The van der Waals surface area contributed by atoms with Gasteiger partial charge in [0.15, 0.2) is 11.7 Å². The fourth-order valence-electron chi connectivity index (χ4n) is 2.02. The van der Waals surface area contributed by atoms with Crippen molar-refractivity contribution in [2.24, 2.45) is 5.92 Å². The number of benzene rings is 1. The molecule has 4 amide bonds. The van der Waals surface area contributed by atoms with Gasteiger partial charge in [-0.3, -0.25) is 24.6 Å². The highest BCUT2D eigenvalue weighted by Gasteiger charge is 2.43. The fourth-order valence-corrected chi connectivity index (χ4v) is 2.02. The molecule has 1 aliphatic heterocycles. The van der Waals surface area contributed by atoms with Gasteiger partial charge in [0.2, 0.25) is 5.91 Å². The second kappa shape index (κ2) is 5.64. The largest absolute Gasteiger partial charge is 0.331 e. The molecule has 2 rings (SSSR count). The van der Waals surface area contributed by atoms with Crippen molar-refractivity contribution in [3.63, 3.8) is 0 Å². The molecule has 1 saturated heterocycles. The maximum atomic E-state index is 12.2. The highest BCUT2D eigenvalue weighted by atomic mass is 16.2. The standard InChI is InChI=1S/C14H14N2O4/c1-2-10(17)11-12(18)15-14(20)16(13(11)19)8-9-6-4-3-5-7-9/h3-7,11H,2,8H2,1H3,(H,15,18,20). The molecule has 0 radical (unpaired) electrons. The number of urea groups is 1. The molecule has 0 bridgehead atoms. The van der Waals surface area contributed by atoms with Crippen molar-refractivity contribution in [3.8, 4) is 0 Å². The summed E-state index contributed by atoms with van der Waals surface area (Å²) in [5.74, 6) is -3.50. The van der Waals surface area contributed by atoms with Crippen LogP contribution >= 0.6 is 0 Å². The number of nitrogens with one attached hydrogen (secondary N) is 1. The van der Waals surface area contributed by atoms with Crippen molar-refractivity contribution in [2.45, 2.75) is 19.9 Å². The molecule has 0 aromatic heterocycles. The van der Waals surface area contributed by atoms with Crippen molar-refractivity contribution in [1.29, 1.82) is 0 Å². The van der Waals surface area contributed by atoms with Crippen molar-refractivity contribution in [3.05, 3.63) is 35.9 Å². The van der Waals surface area contributed by atoms with Crippen molar-refractivity contribution < 1.29 is 19.2 Å². The van der Waals surface area contributed by atoms with Gasteiger partial charge < -0.3 is 0 Å². The summed E-state index contributed by atoms with van der Waals surface area (Å²) in [7, 11) is 0. The van der Waals surface area contributed by atoms with Crippen LogP contribution in [0.3, 0.4) is 0 Å². The van der Waals surface area contributed by atoms with Crippen molar-refractivity contribution in [1.82, 2.24) is 10.2 Å². The Morgan fingerprint density at radius 3 is 2.45 bits per heavy atom. The number of Topliss-reactive ketones (excluding diaryl/α,β-unsaturated/α-hetero) is 1. The molecule has 6 heteroatoms. The quantitative estimate of drug-likeness (QED) is 0.825. The summed E-state index contributed by atoms with van der Waals surface area (Å²) in [5, 5.41) is 2.05. The van der Waals surface area contributed by atoms with E-state index >= 15 is 0 Å². The van der Waals surface area contributed by atoms with E-state index in [-0.39, 0.29) is 13.0 Å². The van der Waals surface area contributed by atoms with E-state index in [1.807, 2.05) is 6.07 Å². The number of barbiturate groups is 1. The van der Waals surface area contributed by atoms with Crippen molar-refractivity contribution >= 4 is 23.6 Å². The Morgan fingerprint density at radius 1 is 1.20 bits per heavy atom. The summed E-state index contributed by atoms with van der Waals surface area (Å²) in [5.41, 5.74) is 0.744. The zero-order valence-electron chi connectivity index (χ0n) is 11.0. The van der Waals surface area contributed by atoms with Crippen molar-refractivity contribution in [2.75, 3.05) is 0 Å². The molecule has 20 heavy (non-hydrogen) atoms. The Bertz CT molecular complexity index is 568. The average molecular weight is 274 g/mol. The zero-order valence-corrected chi connectivity index (χ0v) is 11.0. The lowest BCUT2D eigenvalue weighted by atomic mass is 9.97. The summed E-state index contributed by atoms with van der Waals surface area (Å²) in [6.45, 7) is 1.60. The summed E-state index contributed by atoms with van der Waals surface area (Å²) in [4.78, 5) is 48.1. The monoisotopic (exact) mass is 274 g/mol. The fraction of sp³-hybridized carbons (Fsp3) is 0.286. The van der Waals surface area contributed by atoms with Crippen LogP contribution in [0, 0.1) is 5.92 Å². The van der Waals surface area contributed by atoms with Crippen LogP contribution in [-0.4, -0.2) is 28.5 Å². The molecule has 0 spiro atoms. The molecule has 1 N–H and O–H groups in total. The molecule has 6 nitrogen and oxygen atoms in total. The van der Waals surface area contributed by atoms with Gasteiger partial charge in [0.05, 0.1) is 6.54 Å². The predicted octanol–water partition coefficient (Wildman–Crippen LogP) is 0.860. The molecule has 1 unspecified atom stereocenters. The third-order valence-corrected chi connectivity index (χ3v) is 3.10. The van der Waals surface area contributed by atoms with Gasteiger partial charge in [-0.15, -0.1) is 0 Å². The number of carbonyl (C=O) groups excluding carboxylic acids is 4. The van der Waals surface area contributed by atoms with Crippen LogP contribution in [0.2, 0.25) is 0 Å². The van der Waals surface area contributed by atoms with E-state index in [2.05, 4.69) is 5.32 Å². The first-order valence-corrected chi connectivity index (χ1v) is 6.27. The summed E-state index contributed by atoms with van der Waals surface area (Å²) in [6, 6.07) is 8.10. The Morgan fingerprint density at radius 2 is 1.85 bits per heavy atom. The smallest absolute Gasteiger partial charge is 0.298 e. The molecule has 1 aromatic rings. The van der Waals surface area contributed by atoms with Gasteiger partial charge in [0.1, 0.15) is 0 Å². The molecule has 1 atom stereocenters. The minimum atomic E-state index is -1.42. The number of nitrogens with zero attached hydrogens (tertiary/aromatic N) is 1. The van der Waals surface area contributed by atoms with Crippen LogP contribution in [0.15, 0.2) is 30.3 Å². The number of imide groups is 2. The highest BCUT2D eigenvalue weighted by Crippen LogP contribution is 2.16. The minimum Gasteiger partial charge on any atom is -0.298 e. The van der Waals surface area contributed by atoms with Gasteiger partial charge in [-0.2, -0.15) is 0 Å². The SMILES string of the molecule is CCC(=O)C1C(=O)NC(=O)N(Cc2ccccc2)C1=O. The van der Waals surface area contributed by atoms with Crippen LogP contribution in [-0.2, 0) is 20.9 Å². The number of hydrogen-bond donors (Lipinski definition) is 1. The van der Waals surface area contributed by atoms with E-state index in [1.165, 1.54) is 0 Å². The maximum Gasteiger partial charge on any atom is 0.331 e. The second-order valence-electron chi connectivity index (χ2n) is 4.46. The highest BCUT2D eigenvalue weighted by molar-refractivity contribution is 6.26. The van der Waals surface area contributed by atoms with Crippen LogP contribution in [0.25, 0.3) is 0 Å². The lowest BCUT2D eigenvalue weighted by Gasteiger charge is -2.29. The van der Waals surface area contributed by atoms with E-state index in [1.54, 1.807) is 31.2 Å². The van der Waals surface area contributed by atoms with E-state index < -0.39 is 29.5 Å². The van der Waals surface area contributed by atoms with Gasteiger partial charge in [0.25, 0.3) is 5.91 Å². The number of rotatable bonds is 4. The molecular weight excluding hydrogens is 260 g/mol. The molecule has 1 aromatic carbocycles. The van der Waals surface area contributed by atoms with Crippen LogP contribution < -0.4 is 5.32 Å². The molecule has 104 valence electrons. The first-order chi connectivity index (χ1) is 9.54. The summed E-state index contributed by atoms with van der Waals surface area (Å²) in [6.07, 6.45) is 0.0667. The van der Waals surface area contributed by atoms with E-state index in [9.17, 15) is 19.2 Å². The molecular formula is C14H14N2O4. The van der Waals surface area contributed by atoms with E-state index in [0.29, 0.717) is 0 Å². The van der Waals surface area contributed by atoms with Crippen LogP contribution in [0.5, 0.6) is 0 Å². The number of hydrogen-bond acceptors (Lipinski definition) is 4. The normalized spacial score (nSPS) is 18.9. The third-order valence-electron chi connectivity index (χ3n) is 3.10. The first kappa shape index (κ1) is 13.9. The average Bonchev–Trinajstić information content (AvgIpc) is 2.44. The van der Waals surface area contributed by atoms with Crippen LogP contribution in [0.4, 0.5) is 4.79 Å². The van der Waals surface area contributed by atoms with Gasteiger partial charge in [-0.05, 0) is 5.56 Å². The molecule has 1 aliphatic rings. The molecule has 1 fully saturated rings. The lowest BCUT2D eigenvalue weighted by molar-refractivity contribution is -0.147. The van der Waals surface area contributed by atoms with Gasteiger partial charge >= 0.3 is 6.03 Å². The third kappa shape index (κ3) is 2.59. The van der Waals surface area contributed by atoms with Gasteiger partial charge in [0, 0.05) is 6.42 Å². The van der Waals surface area contributed by atoms with E-state index in [4.69, 9.17) is 0 Å². The summed E-state index contributed by atoms with van der Waals surface area (Å²) >= 11 is 0. The lowest BCUT2D eigenvalue weighted by Crippen LogP contribution is -2.59. The first-order valence-electron chi connectivity index (χ1n) is 6.27. The Hall–Kier alpha value is -2.50. The second-order valence-corrected chi connectivity index (χ2v) is 4.46. The number of ketones is 1.